The molecule has 0 bridgehead atoms. The first-order valence-corrected chi connectivity index (χ1v) is 7.55. The van der Waals surface area contributed by atoms with E-state index in [0.29, 0.717) is 5.13 Å². The molecule has 2 aromatic carbocycles. The van der Waals surface area contributed by atoms with Crippen LogP contribution in [0.2, 0.25) is 0 Å². The van der Waals surface area contributed by atoms with Crippen LogP contribution >= 0.6 is 11.3 Å². The summed E-state index contributed by atoms with van der Waals surface area (Å²) in [5, 5.41) is 5.09. The van der Waals surface area contributed by atoms with Crippen molar-refractivity contribution in [3.8, 4) is 11.3 Å². The van der Waals surface area contributed by atoms with E-state index in [-0.39, 0.29) is 51.4 Å². The van der Waals surface area contributed by atoms with Gasteiger partial charge in [-0.25, -0.2) is 4.98 Å². The summed E-state index contributed by atoms with van der Waals surface area (Å²) in [6.45, 7) is 2.10. The van der Waals surface area contributed by atoms with Gasteiger partial charge in [0.15, 0.2) is 5.13 Å². The molecule has 0 spiro atoms. The van der Waals surface area contributed by atoms with Crippen molar-refractivity contribution in [1.82, 2.24) is 4.98 Å². The van der Waals surface area contributed by atoms with Crippen LogP contribution in [0, 0.1) is 6.92 Å². The van der Waals surface area contributed by atoms with E-state index in [2.05, 4.69) is 60.9 Å². The molecule has 0 atom stereocenters. The predicted molar refractivity (Wildman–Crippen MR) is 87.5 cm³/mol. The molecule has 0 aliphatic rings. The van der Waals surface area contributed by atoms with Crippen molar-refractivity contribution in [3.63, 3.8) is 0 Å². The number of rotatable bonds is 1. The Morgan fingerprint density at radius 2 is 1.90 bits per heavy atom. The SMILES string of the molecule is C[S-].Cc1ccc2cccc(-c3csc(N)n3)c2c1.[K+]. The summed E-state index contributed by atoms with van der Waals surface area (Å²) in [7, 11) is 0. The second-order valence-corrected chi connectivity index (χ2v) is 4.99. The number of nitrogens with two attached hydrogens (primary N) is 1. The summed E-state index contributed by atoms with van der Waals surface area (Å²) in [6.07, 6.45) is 1.58. The van der Waals surface area contributed by atoms with Crippen molar-refractivity contribution >= 4 is 39.9 Å². The van der Waals surface area contributed by atoms with Gasteiger partial charge in [0.1, 0.15) is 0 Å². The molecule has 98 valence electrons. The number of hydrogen-bond acceptors (Lipinski definition) is 4. The van der Waals surface area contributed by atoms with Crippen LogP contribution in [0.1, 0.15) is 5.56 Å². The van der Waals surface area contributed by atoms with Gasteiger partial charge < -0.3 is 18.4 Å². The van der Waals surface area contributed by atoms with Crippen LogP contribution in [0.5, 0.6) is 0 Å². The van der Waals surface area contributed by atoms with Crippen molar-refractivity contribution in [3.05, 3.63) is 47.3 Å². The Balaban J connectivity index is 0.000000639. The summed E-state index contributed by atoms with van der Waals surface area (Å²) in [4.78, 5) is 4.36. The second kappa shape index (κ2) is 8.53. The molecule has 0 amide bonds. The van der Waals surface area contributed by atoms with Gasteiger partial charge in [-0.3, -0.25) is 0 Å². The number of aromatic nitrogens is 1. The van der Waals surface area contributed by atoms with Gasteiger partial charge in [-0.2, -0.15) is 6.26 Å². The topological polar surface area (TPSA) is 38.9 Å². The summed E-state index contributed by atoms with van der Waals surface area (Å²) in [5.74, 6) is 0. The first kappa shape index (κ1) is 18.2. The standard InChI is InChI=1S/C14H12N2S.CH4S.K/c1-9-5-6-10-3-2-4-11(12(10)7-9)13-8-17-14(15)16-13;1-2;/h2-8H,1H3,(H2,15,16);2H,1H3;/q;;+1/p-1. The Labute approximate surface area is 171 Å². The minimum absolute atomic E-state index is 0. The van der Waals surface area contributed by atoms with Crippen molar-refractivity contribution < 1.29 is 51.4 Å². The van der Waals surface area contributed by atoms with Gasteiger partial charge in [-0.1, -0.05) is 42.0 Å². The van der Waals surface area contributed by atoms with E-state index in [4.69, 9.17) is 5.73 Å². The van der Waals surface area contributed by atoms with Crippen LogP contribution in [0.25, 0.3) is 22.0 Å². The number of fused-ring (bicyclic) bond motifs is 1. The molecule has 20 heavy (non-hydrogen) atoms. The average molecular weight is 327 g/mol. The average Bonchev–Trinajstić information content (AvgIpc) is 2.87. The Kier molecular flexibility index (Phi) is 7.75. The van der Waals surface area contributed by atoms with Gasteiger partial charge in [0, 0.05) is 10.9 Å². The third kappa shape index (κ3) is 4.07. The second-order valence-electron chi connectivity index (χ2n) is 4.10. The van der Waals surface area contributed by atoms with Gasteiger partial charge >= 0.3 is 51.4 Å². The normalized spacial score (nSPS) is 9.55. The molecule has 5 heteroatoms. The molecule has 0 saturated heterocycles. The van der Waals surface area contributed by atoms with Crippen LogP contribution < -0.4 is 57.1 Å². The fourth-order valence-electron chi connectivity index (χ4n) is 2.02. The van der Waals surface area contributed by atoms with Crippen LogP contribution in [0.4, 0.5) is 5.13 Å². The molecular formula is C15H15KN2S2. The summed E-state index contributed by atoms with van der Waals surface area (Å²) in [5.41, 5.74) is 9.07. The van der Waals surface area contributed by atoms with Gasteiger partial charge in [0.05, 0.1) is 5.69 Å². The molecule has 2 nitrogen and oxygen atoms in total. The van der Waals surface area contributed by atoms with E-state index in [0.717, 1.165) is 11.3 Å². The number of nitrogen functional groups attached to an aromatic ring is 1. The molecule has 1 heterocycles. The molecule has 0 radical (unpaired) electrons. The Morgan fingerprint density at radius 3 is 2.55 bits per heavy atom. The molecule has 2 N–H and O–H groups in total. The minimum atomic E-state index is 0. The van der Waals surface area contributed by atoms with Crippen LogP contribution in [0.15, 0.2) is 41.8 Å². The van der Waals surface area contributed by atoms with Gasteiger partial charge in [0.2, 0.25) is 0 Å². The monoisotopic (exact) mass is 326 g/mol. The van der Waals surface area contributed by atoms with Crippen molar-refractivity contribution in [2.24, 2.45) is 0 Å². The molecule has 0 saturated carbocycles. The van der Waals surface area contributed by atoms with Gasteiger partial charge in [-0.15, -0.1) is 11.3 Å². The number of benzene rings is 2. The van der Waals surface area contributed by atoms with Crippen molar-refractivity contribution in [2.45, 2.75) is 6.92 Å². The fourth-order valence-corrected chi connectivity index (χ4v) is 2.58. The molecule has 3 aromatic rings. The van der Waals surface area contributed by atoms with Crippen molar-refractivity contribution in [2.75, 3.05) is 12.0 Å². The minimum Gasteiger partial charge on any atom is -0.796 e. The zero-order valence-electron chi connectivity index (χ0n) is 11.9. The summed E-state index contributed by atoms with van der Waals surface area (Å²) in [6, 6.07) is 12.7. The van der Waals surface area contributed by atoms with Crippen LogP contribution in [0.3, 0.4) is 0 Å². The molecular weight excluding hydrogens is 311 g/mol. The Morgan fingerprint density at radius 1 is 1.15 bits per heavy atom. The van der Waals surface area contributed by atoms with E-state index in [1.165, 1.54) is 27.7 Å². The smallest absolute Gasteiger partial charge is 0.796 e. The Bertz CT molecular complexity index is 695. The number of hydrogen-bond donors (Lipinski definition) is 1. The molecule has 0 fully saturated rings. The van der Waals surface area contributed by atoms with E-state index in [1.54, 1.807) is 6.26 Å². The summed E-state index contributed by atoms with van der Waals surface area (Å²) >= 11 is 5.56. The largest absolute Gasteiger partial charge is 1.00 e. The van der Waals surface area contributed by atoms with Gasteiger partial charge in [0.25, 0.3) is 0 Å². The first-order valence-electron chi connectivity index (χ1n) is 5.85. The maximum absolute atomic E-state index is 5.70. The number of aryl methyl sites for hydroxylation is 1. The van der Waals surface area contributed by atoms with E-state index < -0.39 is 0 Å². The maximum atomic E-state index is 5.70. The third-order valence-electron chi connectivity index (χ3n) is 2.84. The third-order valence-corrected chi connectivity index (χ3v) is 3.51. The van der Waals surface area contributed by atoms with Crippen LogP contribution in [-0.2, 0) is 12.6 Å². The maximum Gasteiger partial charge on any atom is 1.00 e. The molecule has 1 aromatic heterocycles. The number of thiazole rings is 1. The number of anilines is 1. The van der Waals surface area contributed by atoms with E-state index in [9.17, 15) is 0 Å². The molecule has 3 rings (SSSR count). The predicted octanol–water partition coefficient (Wildman–Crippen LogP) is 1.02. The fraction of sp³-hybridized carbons (Fsp3) is 0.133. The summed E-state index contributed by atoms with van der Waals surface area (Å²) < 4.78 is 0. The van der Waals surface area contributed by atoms with E-state index in [1.807, 2.05) is 5.38 Å². The quantitative estimate of drug-likeness (QED) is 0.536. The molecule has 0 aliphatic carbocycles. The molecule has 0 unspecified atom stereocenters. The van der Waals surface area contributed by atoms with Crippen molar-refractivity contribution in [1.29, 1.82) is 0 Å². The first-order chi connectivity index (χ1) is 9.24. The van der Waals surface area contributed by atoms with E-state index >= 15 is 0 Å². The molecule has 0 aliphatic heterocycles. The zero-order valence-corrected chi connectivity index (χ0v) is 16.6. The zero-order chi connectivity index (χ0) is 13.8. The van der Waals surface area contributed by atoms with Crippen LogP contribution in [-0.4, -0.2) is 11.2 Å². The van der Waals surface area contributed by atoms with Gasteiger partial charge in [-0.05, 0) is 17.7 Å². The number of nitrogens with zero attached hydrogens (tertiary/aromatic N) is 1. The Hall–Kier alpha value is 0.116.